The summed E-state index contributed by atoms with van der Waals surface area (Å²) in [6.45, 7) is 0. The molecule has 0 N–H and O–H groups in total. The Hall–Kier alpha value is -6.84. The molecule has 0 aliphatic heterocycles. The second kappa shape index (κ2) is 10.8. The predicted octanol–water partition coefficient (Wildman–Crippen LogP) is 13.1. The first kappa shape index (κ1) is 15.4. The van der Waals surface area contributed by atoms with Crippen LogP contribution in [0.1, 0.15) is 26.0 Å². The number of hydrogen-bond donors (Lipinski definition) is 0. The average Bonchev–Trinajstić information content (AvgIpc) is 4.04. The van der Waals surface area contributed by atoms with Gasteiger partial charge >= 0.3 is 0 Å². The van der Waals surface area contributed by atoms with Gasteiger partial charge in [-0.2, -0.15) is 0 Å². The van der Waals surface area contributed by atoms with Gasteiger partial charge in [-0.3, -0.25) is 0 Å². The Kier molecular flexibility index (Phi) is 3.26. The smallest absolute Gasteiger partial charge is 0.138 e. The molecule has 11 aromatic rings. The van der Waals surface area contributed by atoms with E-state index in [0.717, 1.165) is 10.1 Å². The Morgan fingerprint density at radius 3 is 1.73 bits per heavy atom. The molecule has 0 unspecified atom stereocenters. The topological polar surface area (TPSA) is 23.0 Å². The number of fused-ring (bicyclic) bond motifs is 9. The molecule has 3 aromatic heterocycles. The van der Waals surface area contributed by atoms with Crippen molar-refractivity contribution >= 4 is 65.6 Å². The Morgan fingerprint density at radius 2 is 1.00 bits per heavy atom. The minimum Gasteiger partial charge on any atom is -0.456 e. The molecule has 0 saturated carbocycles. The molecule has 0 radical (unpaired) electrons. The molecule has 0 bridgehead atoms. The summed E-state index contributed by atoms with van der Waals surface area (Å²) in [6.07, 6.45) is 0. The third-order valence-corrected chi connectivity index (χ3v) is 9.08. The summed E-state index contributed by atoms with van der Waals surface area (Å²) < 4.78 is 181. The molecule has 3 heterocycles. The maximum absolute atomic E-state index is 9.99. The predicted molar refractivity (Wildman–Crippen MR) is 213 cm³/mol. The van der Waals surface area contributed by atoms with E-state index in [1.807, 2.05) is 36.4 Å². The van der Waals surface area contributed by atoms with Gasteiger partial charge in [0.05, 0.1) is 59.2 Å². The Bertz CT molecular complexity index is 4200. The van der Waals surface area contributed by atoms with Crippen molar-refractivity contribution < 1.29 is 30.5 Å². The number of nitrogens with zero attached hydrogens (tertiary/aromatic N) is 2. The summed E-state index contributed by atoms with van der Waals surface area (Å²) in [5, 5.41) is -0.293. The molecule has 3 heteroatoms. The van der Waals surface area contributed by atoms with Crippen LogP contribution in [0.4, 0.5) is 0 Å². The fourth-order valence-corrected chi connectivity index (χ4v) is 6.91. The van der Waals surface area contributed by atoms with Gasteiger partial charge in [-0.25, -0.2) is 0 Å². The van der Waals surface area contributed by atoms with Crippen LogP contribution in [0.3, 0.4) is 0 Å². The molecular weight excluding hydrogens is 621 g/mol. The van der Waals surface area contributed by atoms with Crippen LogP contribution in [-0.2, 0) is 0 Å². The molecule has 0 atom stereocenters. The molecule has 0 spiro atoms. The molecule has 0 amide bonds. The second-order valence-corrected chi connectivity index (χ2v) is 11.9. The van der Waals surface area contributed by atoms with Crippen molar-refractivity contribution in [1.29, 1.82) is 0 Å². The van der Waals surface area contributed by atoms with Crippen LogP contribution in [0.25, 0.3) is 99.2 Å². The van der Waals surface area contributed by atoms with Crippen molar-refractivity contribution in [3.8, 4) is 33.6 Å². The van der Waals surface area contributed by atoms with E-state index in [0.29, 0.717) is 27.5 Å². The number of hydrogen-bond acceptors (Lipinski definition) is 1. The summed E-state index contributed by atoms with van der Waals surface area (Å²) in [4.78, 5) is 0. The lowest BCUT2D eigenvalue weighted by molar-refractivity contribution is 0.669. The summed E-state index contributed by atoms with van der Waals surface area (Å²) in [7, 11) is 0. The van der Waals surface area contributed by atoms with E-state index >= 15 is 0 Å². The van der Waals surface area contributed by atoms with E-state index in [1.165, 1.54) is 4.57 Å². The van der Waals surface area contributed by atoms with E-state index < -0.39 is 153 Å². The highest BCUT2D eigenvalue weighted by molar-refractivity contribution is 6.16. The van der Waals surface area contributed by atoms with Gasteiger partial charge in [0, 0.05) is 32.6 Å². The molecule has 0 aliphatic rings. The quantitative estimate of drug-likeness (QED) is 0.183. The third kappa shape index (κ3) is 4.19. The minimum atomic E-state index is -0.863. The lowest BCUT2D eigenvalue weighted by Gasteiger charge is -2.13. The monoisotopic (exact) mass is 669 g/mol. The first-order valence-electron chi connectivity index (χ1n) is 25.4. The molecule has 3 nitrogen and oxygen atoms in total. The van der Waals surface area contributed by atoms with E-state index in [9.17, 15) is 11.0 Å². The zero-order chi connectivity index (χ0) is 50.0. The normalized spacial score (nSPS) is 17.1. The highest BCUT2D eigenvalue weighted by Crippen LogP contribution is 2.42. The fourth-order valence-electron chi connectivity index (χ4n) is 6.91. The maximum atomic E-state index is 9.99. The van der Waals surface area contributed by atoms with Crippen LogP contribution in [-0.4, -0.2) is 9.13 Å². The Balaban J connectivity index is 1.34. The number of rotatable bonds is 4. The molecule has 0 aliphatic carbocycles. The summed E-state index contributed by atoms with van der Waals surface area (Å²) in [6, 6.07) is 5.81. The zero-order valence-corrected chi connectivity index (χ0v) is 26.2. The van der Waals surface area contributed by atoms with E-state index in [2.05, 4.69) is 0 Å². The van der Waals surface area contributed by atoms with Gasteiger partial charge in [0.1, 0.15) is 11.2 Å². The van der Waals surface area contributed by atoms with Gasteiger partial charge < -0.3 is 13.6 Å². The maximum Gasteiger partial charge on any atom is 0.138 e. The van der Waals surface area contributed by atoms with Crippen molar-refractivity contribution in [3.05, 3.63) is 182 Å². The number of furan rings is 1. The molecule has 51 heavy (non-hydrogen) atoms. The Morgan fingerprint density at radius 1 is 0.412 bits per heavy atom. The number of aromatic nitrogens is 2. The summed E-state index contributed by atoms with van der Waals surface area (Å²) in [5.41, 5.74) is -0.699. The van der Waals surface area contributed by atoms with E-state index in [4.69, 9.17) is 19.5 Å². The lowest BCUT2D eigenvalue weighted by Crippen LogP contribution is -1.96. The van der Waals surface area contributed by atoms with Gasteiger partial charge in [-0.15, -0.1) is 0 Å². The first-order chi connectivity index (χ1) is 33.2. The molecule has 8 aromatic carbocycles. The lowest BCUT2D eigenvalue weighted by atomic mass is 10.0. The van der Waals surface area contributed by atoms with Gasteiger partial charge in [0.2, 0.25) is 0 Å². The van der Waals surface area contributed by atoms with E-state index in [1.54, 1.807) is 30.3 Å². The van der Waals surface area contributed by atoms with Crippen LogP contribution in [0.15, 0.2) is 186 Å². The van der Waals surface area contributed by atoms with Crippen LogP contribution in [0.2, 0.25) is 0 Å². The van der Waals surface area contributed by atoms with Gasteiger partial charge in [-0.1, -0.05) is 115 Å². The highest BCUT2D eigenvalue weighted by Gasteiger charge is 2.20. The summed E-state index contributed by atoms with van der Waals surface area (Å²) in [5.74, 6) is 0. The fraction of sp³-hybridized carbons (Fsp3) is 0. The molecule has 11 rings (SSSR count). The summed E-state index contributed by atoms with van der Waals surface area (Å²) >= 11 is 0. The van der Waals surface area contributed by atoms with Crippen LogP contribution in [0.5, 0.6) is 0 Å². The third-order valence-electron chi connectivity index (χ3n) is 9.08. The Labute approximate surface area is 320 Å². The van der Waals surface area contributed by atoms with Crippen molar-refractivity contribution in [2.75, 3.05) is 0 Å². The highest BCUT2D eigenvalue weighted by atomic mass is 16.3. The zero-order valence-electron chi connectivity index (χ0n) is 45.2. The molecule has 0 saturated heterocycles. The first-order valence-corrected chi connectivity index (χ1v) is 15.9. The standard InChI is InChI=1S/C48H30N2O/c1-3-13-31(14-4-1)34-29-45(48-38-19-9-12-22-46(38)51-47(48)30-34)50-42-21-11-8-18-37(42)40-28-33(24-26-44(40)50)32-23-25-43-39(27-32)36-17-7-10-20-41(36)49(43)35-15-5-2-6-16-35/h1-30H/i2D,5D,6D,7D,8D,10D,11D,15D,16D,17D,18D,20D,21D,23D,24D,25D,26D,27D,28D. The van der Waals surface area contributed by atoms with Crippen LogP contribution in [0, 0.1) is 0 Å². The van der Waals surface area contributed by atoms with E-state index in [-0.39, 0.29) is 27.5 Å². The minimum absolute atomic E-state index is 0.164. The van der Waals surface area contributed by atoms with Crippen LogP contribution >= 0.6 is 0 Å². The molecule has 0 fully saturated rings. The van der Waals surface area contributed by atoms with Gasteiger partial charge in [0.25, 0.3) is 0 Å². The van der Waals surface area contributed by atoms with Gasteiger partial charge in [0.15, 0.2) is 0 Å². The van der Waals surface area contributed by atoms with Crippen molar-refractivity contribution in [2.24, 2.45) is 0 Å². The van der Waals surface area contributed by atoms with Gasteiger partial charge in [-0.05, 0) is 88.8 Å². The van der Waals surface area contributed by atoms with Crippen molar-refractivity contribution in [3.63, 3.8) is 0 Å². The SMILES string of the molecule is [2H]c1c([2H])c([2H])c(-n2c3c([2H])c([2H])c([2H])c([2H])c3c3c([2H])c(-c4c([2H])c([2H])c5c(c4[2H])c4c([2H])c([2H])c([2H])c([2H])c4n5-c4cc(-c5ccccc5)cc5oc6ccccc6c45)c([2H])c([2H])c32)c([2H])c1[2H]. The number of para-hydroxylation sites is 4. The van der Waals surface area contributed by atoms with Crippen molar-refractivity contribution in [2.45, 2.75) is 0 Å². The van der Waals surface area contributed by atoms with Crippen molar-refractivity contribution in [1.82, 2.24) is 9.13 Å². The van der Waals surface area contributed by atoms with Crippen LogP contribution < -0.4 is 0 Å². The largest absolute Gasteiger partial charge is 0.456 e. The average molecular weight is 670 g/mol. The second-order valence-electron chi connectivity index (χ2n) is 11.9. The molecule has 238 valence electrons. The molecular formula is C48H30N2O. The number of benzene rings is 8.